The maximum Gasteiger partial charge on any atom is 0.128 e. The summed E-state index contributed by atoms with van der Waals surface area (Å²) in [6, 6.07) is 10.8. The van der Waals surface area contributed by atoms with E-state index in [-0.39, 0.29) is 5.82 Å². The van der Waals surface area contributed by atoms with Crippen LogP contribution in [-0.4, -0.2) is 7.11 Å². The van der Waals surface area contributed by atoms with Crippen LogP contribution >= 0.6 is 11.6 Å². The molecule has 0 aliphatic rings. The number of ether oxygens (including phenoxy) is 1. The van der Waals surface area contributed by atoms with Crippen LogP contribution in [0.4, 0.5) is 4.39 Å². The number of methoxy groups -OCH3 is 1. The zero-order chi connectivity index (χ0) is 14.0. The van der Waals surface area contributed by atoms with Crippen molar-refractivity contribution >= 4 is 11.6 Å². The van der Waals surface area contributed by atoms with E-state index in [1.807, 2.05) is 38.1 Å². The summed E-state index contributed by atoms with van der Waals surface area (Å²) in [6.45, 7) is 3.82. The van der Waals surface area contributed by atoms with Crippen LogP contribution in [0, 0.1) is 19.7 Å². The van der Waals surface area contributed by atoms with Crippen LogP contribution in [0.3, 0.4) is 0 Å². The predicted molar refractivity (Wildman–Crippen MR) is 76.6 cm³/mol. The van der Waals surface area contributed by atoms with Gasteiger partial charge in [-0.15, -0.1) is 11.6 Å². The minimum atomic E-state index is -0.560. The quantitative estimate of drug-likeness (QED) is 0.734. The van der Waals surface area contributed by atoms with E-state index in [2.05, 4.69) is 0 Å². The third kappa shape index (κ3) is 2.90. The Morgan fingerprint density at radius 3 is 2.26 bits per heavy atom. The summed E-state index contributed by atoms with van der Waals surface area (Å²) in [6.07, 6.45) is 0. The molecule has 1 nitrogen and oxygen atoms in total. The van der Waals surface area contributed by atoms with Gasteiger partial charge in [-0.3, -0.25) is 0 Å². The minimum absolute atomic E-state index is 0.288. The number of halogens is 2. The van der Waals surface area contributed by atoms with Gasteiger partial charge in [-0.25, -0.2) is 4.39 Å². The molecule has 0 saturated carbocycles. The Kier molecular flexibility index (Phi) is 4.11. The second kappa shape index (κ2) is 5.62. The van der Waals surface area contributed by atoms with Crippen LogP contribution in [0.25, 0.3) is 0 Å². The molecular formula is C16H16ClFO. The summed E-state index contributed by atoms with van der Waals surface area (Å²) in [5.74, 6) is 0.383. The highest BCUT2D eigenvalue weighted by molar-refractivity contribution is 6.22. The van der Waals surface area contributed by atoms with Gasteiger partial charge in [0.2, 0.25) is 0 Å². The lowest BCUT2D eigenvalue weighted by atomic mass is 10.00. The van der Waals surface area contributed by atoms with Gasteiger partial charge >= 0.3 is 0 Å². The summed E-state index contributed by atoms with van der Waals surface area (Å²) < 4.78 is 19.3. The molecule has 0 N–H and O–H groups in total. The molecule has 1 atom stereocenters. The van der Waals surface area contributed by atoms with Crippen molar-refractivity contribution in [3.8, 4) is 5.75 Å². The lowest BCUT2D eigenvalue weighted by Gasteiger charge is -2.16. The van der Waals surface area contributed by atoms with Gasteiger partial charge in [0.15, 0.2) is 0 Å². The molecule has 0 bridgehead atoms. The predicted octanol–water partition coefficient (Wildman–Crippen LogP) is 4.78. The van der Waals surface area contributed by atoms with Gasteiger partial charge in [0.25, 0.3) is 0 Å². The molecule has 0 spiro atoms. The van der Waals surface area contributed by atoms with Gasteiger partial charge < -0.3 is 4.74 Å². The molecule has 0 aliphatic heterocycles. The van der Waals surface area contributed by atoms with E-state index in [1.54, 1.807) is 13.2 Å². The van der Waals surface area contributed by atoms with E-state index in [9.17, 15) is 4.39 Å². The van der Waals surface area contributed by atoms with Crippen LogP contribution in [0.15, 0.2) is 36.4 Å². The van der Waals surface area contributed by atoms with Crippen molar-refractivity contribution < 1.29 is 9.13 Å². The standard InChI is InChI=1S/C16H16ClFO/c1-10-5-7-15(19-3)13(8-10)16(17)12-6-4-11(2)9-14(12)18/h4-9,16H,1-3H3. The molecule has 0 fully saturated rings. The first-order valence-corrected chi connectivity index (χ1v) is 6.51. The van der Waals surface area contributed by atoms with Crippen LogP contribution in [0.5, 0.6) is 5.75 Å². The Bertz CT molecular complexity index is 595. The Morgan fingerprint density at radius 1 is 1.00 bits per heavy atom. The highest BCUT2D eigenvalue weighted by Crippen LogP contribution is 2.36. The topological polar surface area (TPSA) is 9.23 Å². The Labute approximate surface area is 118 Å². The Balaban J connectivity index is 2.49. The molecule has 0 amide bonds. The number of aryl methyl sites for hydroxylation is 2. The second-order valence-electron chi connectivity index (χ2n) is 4.63. The molecule has 2 aromatic rings. The van der Waals surface area contributed by atoms with E-state index < -0.39 is 5.38 Å². The monoisotopic (exact) mass is 278 g/mol. The van der Waals surface area contributed by atoms with Crippen molar-refractivity contribution in [3.63, 3.8) is 0 Å². The molecule has 19 heavy (non-hydrogen) atoms. The van der Waals surface area contributed by atoms with E-state index in [1.165, 1.54) is 6.07 Å². The first-order valence-electron chi connectivity index (χ1n) is 6.07. The van der Waals surface area contributed by atoms with Crippen molar-refractivity contribution in [2.24, 2.45) is 0 Å². The zero-order valence-electron chi connectivity index (χ0n) is 11.2. The molecule has 3 heteroatoms. The minimum Gasteiger partial charge on any atom is -0.496 e. The molecule has 2 aromatic carbocycles. The van der Waals surface area contributed by atoms with Crippen LogP contribution in [-0.2, 0) is 0 Å². The largest absolute Gasteiger partial charge is 0.496 e. The fourth-order valence-corrected chi connectivity index (χ4v) is 2.40. The maximum absolute atomic E-state index is 14.0. The second-order valence-corrected chi connectivity index (χ2v) is 5.07. The molecule has 0 aromatic heterocycles. The van der Waals surface area contributed by atoms with Crippen molar-refractivity contribution in [1.29, 1.82) is 0 Å². The molecular weight excluding hydrogens is 263 g/mol. The summed E-state index contributed by atoms with van der Waals surface area (Å²) in [5, 5.41) is -0.560. The highest BCUT2D eigenvalue weighted by Gasteiger charge is 2.19. The molecule has 100 valence electrons. The molecule has 0 heterocycles. The molecule has 2 rings (SSSR count). The third-order valence-electron chi connectivity index (χ3n) is 3.09. The van der Waals surface area contributed by atoms with Gasteiger partial charge in [0, 0.05) is 11.1 Å². The Morgan fingerprint density at radius 2 is 1.63 bits per heavy atom. The molecule has 1 unspecified atom stereocenters. The lowest BCUT2D eigenvalue weighted by Crippen LogP contribution is -2.01. The fraction of sp³-hybridized carbons (Fsp3) is 0.250. The van der Waals surface area contributed by atoms with Crippen molar-refractivity contribution in [1.82, 2.24) is 0 Å². The summed E-state index contributed by atoms with van der Waals surface area (Å²) in [7, 11) is 1.59. The van der Waals surface area contributed by atoms with Gasteiger partial charge in [0.1, 0.15) is 11.6 Å². The number of alkyl halides is 1. The van der Waals surface area contributed by atoms with Crippen LogP contribution in [0.2, 0.25) is 0 Å². The van der Waals surface area contributed by atoms with Crippen LogP contribution in [0.1, 0.15) is 27.6 Å². The smallest absolute Gasteiger partial charge is 0.128 e. The normalized spacial score (nSPS) is 12.3. The van der Waals surface area contributed by atoms with E-state index in [0.717, 1.165) is 16.7 Å². The molecule has 0 aliphatic carbocycles. The number of rotatable bonds is 3. The average Bonchev–Trinajstić information content (AvgIpc) is 2.38. The zero-order valence-corrected chi connectivity index (χ0v) is 12.0. The lowest BCUT2D eigenvalue weighted by molar-refractivity contribution is 0.410. The van der Waals surface area contributed by atoms with Gasteiger partial charge in [-0.2, -0.15) is 0 Å². The number of hydrogen-bond acceptors (Lipinski definition) is 1. The van der Waals surface area contributed by atoms with E-state index >= 15 is 0 Å². The third-order valence-corrected chi connectivity index (χ3v) is 3.56. The first-order chi connectivity index (χ1) is 9.02. The number of hydrogen-bond donors (Lipinski definition) is 0. The average molecular weight is 279 g/mol. The van der Waals surface area contributed by atoms with Crippen molar-refractivity contribution in [2.45, 2.75) is 19.2 Å². The van der Waals surface area contributed by atoms with Crippen LogP contribution < -0.4 is 4.74 Å². The van der Waals surface area contributed by atoms with Gasteiger partial charge in [-0.05, 0) is 31.5 Å². The Hall–Kier alpha value is -1.54. The van der Waals surface area contributed by atoms with Crippen molar-refractivity contribution in [2.75, 3.05) is 7.11 Å². The van der Waals surface area contributed by atoms with Gasteiger partial charge in [-0.1, -0.05) is 29.8 Å². The summed E-state index contributed by atoms with van der Waals surface area (Å²) >= 11 is 6.43. The summed E-state index contributed by atoms with van der Waals surface area (Å²) in [4.78, 5) is 0. The summed E-state index contributed by atoms with van der Waals surface area (Å²) in [5.41, 5.74) is 3.19. The maximum atomic E-state index is 14.0. The van der Waals surface area contributed by atoms with Gasteiger partial charge in [0.05, 0.1) is 12.5 Å². The van der Waals surface area contributed by atoms with Crippen molar-refractivity contribution in [3.05, 3.63) is 64.5 Å². The van der Waals surface area contributed by atoms with E-state index in [4.69, 9.17) is 16.3 Å². The first kappa shape index (κ1) is 13.9. The SMILES string of the molecule is COc1ccc(C)cc1C(Cl)c1ccc(C)cc1F. The highest BCUT2D eigenvalue weighted by atomic mass is 35.5. The molecule has 0 saturated heterocycles. The number of benzene rings is 2. The van der Waals surface area contributed by atoms with E-state index in [0.29, 0.717) is 11.3 Å². The fourth-order valence-electron chi connectivity index (χ4n) is 2.06. The molecule has 0 radical (unpaired) electrons.